The summed E-state index contributed by atoms with van der Waals surface area (Å²) in [7, 11) is 1.79. The Kier molecular flexibility index (Phi) is 3.90. The molecule has 0 saturated carbocycles. The first-order valence-electron chi connectivity index (χ1n) is 5.01. The monoisotopic (exact) mass is 273 g/mol. The molecule has 0 aliphatic rings. The lowest BCUT2D eigenvalue weighted by Crippen LogP contribution is -2.32. The van der Waals surface area contributed by atoms with Gasteiger partial charge in [0.15, 0.2) is 0 Å². The van der Waals surface area contributed by atoms with Crippen molar-refractivity contribution in [3.8, 4) is 0 Å². The Morgan fingerprint density at radius 2 is 2.00 bits per heavy atom. The van der Waals surface area contributed by atoms with E-state index in [2.05, 4.69) is 21.0 Å². The predicted molar refractivity (Wildman–Crippen MR) is 62.9 cm³/mol. The van der Waals surface area contributed by atoms with Gasteiger partial charge in [-0.3, -0.25) is 9.48 Å². The lowest BCUT2D eigenvalue weighted by Gasteiger charge is -2.18. The molecule has 0 aliphatic heterocycles. The molecule has 0 atom stereocenters. The van der Waals surface area contributed by atoms with Crippen molar-refractivity contribution in [3.05, 3.63) is 15.9 Å². The summed E-state index contributed by atoms with van der Waals surface area (Å²) in [5.74, 6) is 0.0231. The van der Waals surface area contributed by atoms with Gasteiger partial charge in [-0.2, -0.15) is 5.10 Å². The highest BCUT2D eigenvalue weighted by Crippen LogP contribution is 2.21. The van der Waals surface area contributed by atoms with E-state index in [0.717, 1.165) is 10.2 Å². The molecule has 1 amide bonds. The van der Waals surface area contributed by atoms with Crippen LogP contribution in [0.2, 0.25) is 0 Å². The maximum atomic E-state index is 12.1. The zero-order valence-corrected chi connectivity index (χ0v) is 11.1. The quantitative estimate of drug-likeness (QED) is 0.845. The summed E-state index contributed by atoms with van der Waals surface area (Å²) in [6.07, 6.45) is 0. The van der Waals surface area contributed by atoms with Crippen molar-refractivity contribution in [3.63, 3.8) is 0 Å². The molecule has 1 aromatic rings. The lowest BCUT2D eigenvalue weighted by atomic mass is 10.3. The summed E-state index contributed by atoms with van der Waals surface area (Å²) in [6, 6.07) is 0. The molecule has 1 aromatic heterocycles. The van der Waals surface area contributed by atoms with Crippen molar-refractivity contribution >= 4 is 21.8 Å². The average molecular weight is 274 g/mol. The van der Waals surface area contributed by atoms with Crippen LogP contribution in [0.5, 0.6) is 0 Å². The van der Waals surface area contributed by atoms with Gasteiger partial charge in [0.1, 0.15) is 5.69 Å². The molecular formula is C10H16BrN3O. The van der Waals surface area contributed by atoms with Gasteiger partial charge in [-0.15, -0.1) is 0 Å². The Morgan fingerprint density at radius 3 is 2.33 bits per heavy atom. The molecule has 0 radical (unpaired) electrons. The highest BCUT2D eigenvalue weighted by molar-refractivity contribution is 9.10. The molecule has 0 aromatic carbocycles. The Labute approximate surface area is 98.4 Å². The SMILES string of the molecule is CCN(CC)C(=O)c1c(Br)c(C)nn1C. The van der Waals surface area contributed by atoms with Crippen molar-refractivity contribution in [2.45, 2.75) is 20.8 Å². The van der Waals surface area contributed by atoms with E-state index in [9.17, 15) is 4.79 Å². The minimum Gasteiger partial charge on any atom is -0.338 e. The van der Waals surface area contributed by atoms with E-state index >= 15 is 0 Å². The number of nitrogens with zero attached hydrogens (tertiary/aromatic N) is 3. The second-order valence-corrected chi connectivity index (χ2v) is 4.14. The maximum Gasteiger partial charge on any atom is 0.273 e. The van der Waals surface area contributed by atoms with Crippen LogP contribution in [0.15, 0.2) is 4.47 Å². The van der Waals surface area contributed by atoms with E-state index in [0.29, 0.717) is 18.8 Å². The number of carbonyl (C=O) groups excluding carboxylic acids is 1. The van der Waals surface area contributed by atoms with Gasteiger partial charge in [-0.25, -0.2) is 0 Å². The Hall–Kier alpha value is -0.840. The molecule has 5 heteroatoms. The molecule has 0 saturated heterocycles. The van der Waals surface area contributed by atoms with Crippen molar-refractivity contribution in [1.29, 1.82) is 0 Å². The van der Waals surface area contributed by atoms with E-state index in [-0.39, 0.29) is 5.91 Å². The third-order valence-corrected chi connectivity index (χ3v) is 3.35. The van der Waals surface area contributed by atoms with Crippen LogP contribution in [0.1, 0.15) is 30.0 Å². The van der Waals surface area contributed by atoms with Crippen LogP contribution in [0, 0.1) is 6.92 Å². The normalized spacial score (nSPS) is 10.5. The predicted octanol–water partition coefficient (Wildman–Crippen LogP) is 1.97. The minimum absolute atomic E-state index is 0.0231. The Morgan fingerprint density at radius 1 is 1.47 bits per heavy atom. The fraction of sp³-hybridized carbons (Fsp3) is 0.600. The lowest BCUT2D eigenvalue weighted by molar-refractivity contribution is 0.0761. The van der Waals surface area contributed by atoms with Gasteiger partial charge in [0.2, 0.25) is 0 Å². The molecule has 84 valence electrons. The van der Waals surface area contributed by atoms with Gasteiger partial charge >= 0.3 is 0 Å². The van der Waals surface area contributed by atoms with Crippen molar-refractivity contribution in [1.82, 2.24) is 14.7 Å². The number of rotatable bonds is 3. The molecule has 4 nitrogen and oxygen atoms in total. The van der Waals surface area contributed by atoms with Crippen molar-refractivity contribution in [2.24, 2.45) is 7.05 Å². The average Bonchev–Trinajstić information content (AvgIpc) is 2.43. The van der Waals surface area contributed by atoms with Crippen molar-refractivity contribution in [2.75, 3.05) is 13.1 Å². The van der Waals surface area contributed by atoms with E-state index in [1.54, 1.807) is 16.6 Å². The van der Waals surface area contributed by atoms with Crippen LogP contribution in [0.4, 0.5) is 0 Å². The number of hydrogen-bond acceptors (Lipinski definition) is 2. The molecule has 0 aliphatic carbocycles. The summed E-state index contributed by atoms with van der Waals surface area (Å²) in [4.78, 5) is 13.9. The first-order chi connectivity index (χ1) is 7.02. The zero-order valence-electron chi connectivity index (χ0n) is 9.54. The Bertz CT molecular complexity index is 369. The molecule has 0 unspecified atom stereocenters. The number of carbonyl (C=O) groups is 1. The van der Waals surface area contributed by atoms with Crippen molar-refractivity contribution < 1.29 is 4.79 Å². The number of amides is 1. The molecule has 1 rings (SSSR count). The Balaban J connectivity index is 3.10. The van der Waals surface area contributed by atoms with Gasteiger partial charge in [-0.05, 0) is 36.7 Å². The summed E-state index contributed by atoms with van der Waals surface area (Å²) in [5.41, 5.74) is 1.46. The van der Waals surface area contributed by atoms with Gasteiger partial charge in [0, 0.05) is 20.1 Å². The van der Waals surface area contributed by atoms with Crippen LogP contribution in [0.25, 0.3) is 0 Å². The summed E-state index contributed by atoms with van der Waals surface area (Å²) in [6.45, 7) is 7.25. The maximum absolute atomic E-state index is 12.1. The van der Waals surface area contributed by atoms with Crippen LogP contribution >= 0.6 is 15.9 Å². The minimum atomic E-state index is 0.0231. The fourth-order valence-electron chi connectivity index (χ4n) is 1.53. The number of aryl methyl sites for hydroxylation is 2. The molecule has 0 bridgehead atoms. The van der Waals surface area contributed by atoms with E-state index in [1.165, 1.54) is 0 Å². The standard InChI is InChI=1S/C10H16BrN3O/c1-5-14(6-2)10(15)9-8(11)7(3)12-13(9)4/h5-6H2,1-4H3. The summed E-state index contributed by atoms with van der Waals surface area (Å²) < 4.78 is 2.42. The second-order valence-electron chi connectivity index (χ2n) is 3.35. The smallest absolute Gasteiger partial charge is 0.273 e. The third kappa shape index (κ3) is 2.22. The molecule has 15 heavy (non-hydrogen) atoms. The highest BCUT2D eigenvalue weighted by Gasteiger charge is 2.21. The molecular weight excluding hydrogens is 258 g/mol. The van der Waals surface area contributed by atoms with Crippen LogP contribution < -0.4 is 0 Å². The molecule has 0 spiro atoms. The third-order valence-electron chi connectivity index (χ3n) is 2.40. The summed E-state index contributed by atoms with van der Waals surface area (Å²) >= 11 is 3.40. The largest absolute Gasteiger partial charge is 0.338 e. The first-order valence-corrected chi connectivity index (χ1v) is 5.80. The summed E-state index contributed by atoms with van der Waals surface area (Å²) in [5, 5.41) is 4.20. The first kappa shape index (κ1) is 12.2. The van der Waals surface area contributed by atoms with E-state index in [4.69, 9.17) is 0 Å². The number of halogens is 1. The van der Waals surface area contributed by atoms with Crippen LogP contribution in [-0.4, -0.2) is 33.7 Å². The van der Waals surface area contributed by atoms with E-state index in [1.807, 2.05) is 20.8 Å². The van der Waals surface area contributed by atoms with Gasteiger partial charge in [0.05, 0.1) is 10.2 Å². The molecule has 0 fully saturated rings. The highest BCUT2D eigenvalue weighted by atomic mass is 79.9. The van der Waals surface area contributed by atoms with Gasteiger partial charge < -0.3 is 4.90 Å². The van der Waals surface area contributed by atoms with Gasteiger partial charge in [-0.1, -0.05) is 0 Å². The zero-order chi connectivity index (χ0) is 11.6. The topological polar surface area (TPSA) is 38.1 Å². The van der Waals surface area contributed by atoms with Crippen LogP contribution in [-0.2, 0) is 7.05 Å². The fourth-order valence-corrected chi connectivity index (χ4v) is 2.03. The van der Waals surface area contributed by atoms with E-state index < -0.39 is 0 Å². The van der Waals surface area contributed by atoms with Gasteiger partial charge in [0.25, 0.3) is 5.91 Å². The molecule has 0 N–H and O–H groups in total. The number of hydrogen-bond donors (Lipinski definition) is 0. The number of aromatic nitrogens is 2. The molecule has 1 heterocycles. The second kappa shape index (κ2) is 4.79. The van der Waals surface area contributed by atoms with Crippen LogP contribution in [0.3, 0.4) is 0 Å².